The van der Waals surface area contributed by atoms with Crippen LogP contribution in [-0.2, 0) is 4.74 Å². The maximum absolute atomic E-state index is 14.1. The molecule has 0 aliphatic heterocycles. The van der Waals surface area contributed by atoms with Gasteiger partial charge in [0, 0.05) is 25.8 Å². The lowest BCUT2D eigenvalue weighted by Gasteiger charge is -2.21. The molecule has 0 spiro atoms. The van der Waals surface area contributed by atoms with E-state index in [1.54, 1.807) is 17.0 Å². The highest BCUT2D eigenvalue weighted by Gasteiger charge is 2.15. The number of likely N-dealkylation sites (N-methyl/N-ethyl adjacent to an activating group) is 1. The Balaban J connectivity index is 2.90. The van der Waals surface area contributed by atoms with Crippen molar-refractivity contribution < 1.29 is 9.13 Å². The van der Waals surface area contributed by atoms with E-state index in [1.807, 2.05) is 14.0 Å². The van der Waals surface area contributed by atoms with Gasteiger partial charge in [0.25, 0.3) is 0 Å². The maximum Gasteiger partial charge on any atom is 0.161 e. The number of nitrogens with two attached hydrogens (primary N) is 1. The molecule has 0 saturated heterocycles. The van der Waals surface area contributed by atoms with Gasteiger partial charge in [-0.05, 0) is 35.0 Å². The second-order valence-corrected chi connectivity index (χ2v) is 4.98. The number of halogens is 2. The fraction of sp³-hybridized carbons (Fsp3) is 0.417. The molecule has 0 atom stereocenters. The highest BCUT2D eigenvalue weighted by molar-refractivity contribution is 9.10. The average molecular weight is 335 g/mol. The molecule has 18 heavy (non-hydrogen) atoms. The van der Waals surface area contributed by atoms with Crippen molar-refractivity contribution in [2.45, 2.75) is 6.92 Å². The monoisotopic (exact) mass is 334 g/mol. The molecule has 2 N–H and O–H groups in total. The molecule has 0 aliphatic rings. The Bertz CT molecular complexity index is 442. The number of ether oxygens (including phenoxy) is 1. The standard InChI is InChI=1S/C12H16BrFN2OS/c1-3-17-7-6-16(2)9-5-4-8(12(15)18)10(13)11(9)14/h4-5H,3,6-7H2,1-2H3,(H2,15,18). The molecule has 6 heteroatoms. The van der Waals surface area contributed by atoms with Crippen molar-refractivity contribution in [3.63, 3.8) is 0 Å². The van der Waals surface area contributed by atoms with Crippen LogP contribution in [0.2, 0.25) is 0 Å². The summed E-state index contributed by atoms with van der Waals surface area (Å²) in [5.41, 5.74) is 6.50. The van der Waals surface area contributed by atoms with Gasteiger partial charge in [0.1, 0.15) is 4.99 Å². The molecule has 1 aromatic carbocycles. The van der Waals surface area contributed by atoms with Gasteiger partial charge in [-0.2, -0.15) is 0 Å². The Morgan fingerprint density at radius 2 is 2.22 bits per heavy atom. The molecule has 0 saturated carbocycles. The predicted octanol–water partition coefficient (Wildman–Crippen LogP) is 2.70. The molecule has 0 amide bonds. The lowest BCUT2D eigenvalue weighted by atomic mass is 10.2. The molecule has 0 aromatic heterocycles. The first-order valence-corrected chi connectivity index (χ1v) is 6.75. The Morgan fingerprint density at radius 1 is 1.56 bits per heavy atom. The number of rotatable bonds is 6. The quantitative estimate of drug-likeness (QED) is 0.641. The highest BCUT2D eigenvalue weighted by atomic mass is 79.9. The number of hydrogen-bond donors (Lipinski definition) is 1. The minimum atomic E-state index is -0.362. The fourth-order valence-electron chi connectivity index (χ4n) is 1.49. The van der Waals surface area contributed by atoms with Gasteiger partial charge in [0.2, 0.25) is 0 Å². The van der Waals surface area contributed by atoms with Gasteiger partial charge in [-0.25, -0.2) is 4.39 Å². The van der Waals surface area contributed by atoms with E-state index in [4.69, 9.17) is 22.7 Å². The van der Waals surface area contributed by atoms with Crippen molar-refractivity contribution in [1.82, 2.24) is 0 Å². The van der Waals surface area contributed by atoms with Crippen LogP contribution in [0.4, 0.5) is 10.1 Å². The Morgan fingerprint density at radius 3 is 2.78 bits per heavy atom. The Kier molecular flexibility index (Phi) is 5.98. The van der Waals surface area contributed by atoms with Crippen LogP contribution in [-0.4, -0.2) is 31.8 Å². The fourth-order valence-corrected chi connectivity index (χ4v) is 2.34. The second kappa shape index (κ2) is 7.01. The van der Waals surface area contributed by atoms with E-state index in [2.05, 4.69) is 15.9 Å². The Hall–Kier alpha value is -0.720. The maximum atomic E-state index is 14.1. The number of hydrogen-bond acceptors (Lipinski definition) is 3. The molecule has 1 aromatic rings. The normalized spacial score (nSPS) is 10.4. The van der Waals surface area contributed by atoms with Crippen LogP contribution >= 0.6 is 28.1 Å². The lowest BCUT2D eigenvalue weighted by Crippen LogP contribution is -2.24. The molecular weight excluding hydrogens is 319 g/mol. The first-order valence-electron chi connectivity index (χ1n) is 5.55. The molecule has 0 unspecified atom stereocenters. The van der Waals surface area contributed by atoms with Crippen molar-refractivity contribution in [2.24, 2.45) is 5.73 Å². The SMILES string of the molecule is CCOCCN(C)c1ccc(C(N)=S)c(Br)c1F. The number of thiocarbonyl (C=S) groups is 1. The lowest BCUT2D eigenvalue weighted by molar-refractivity contribution is 0.154. The van der Waals surface area contributed by atoms with Crippen LogP contribution in [0, 0.1) is 5.82 Å². The molecule has 1 rings (SSSR count). The van der Waals surface area contributed by atoms with E-state index in [1.165, 1.54) is 0 Å². The average Bonchev–Trinajstić information content (AvgIpc) is 2.32. The van der Waals surface area contributed by atoms with Gasteiger partial charge in [-0.15, -0.1) is 0 Å². The third-order valence-electron chi connectivity index (χ3n) is 2.51. The smallest absolute Gasteiger partial charge is 0.161 e. The summed E-state index contributed by atoms with van der Waals surface area (Å²) in [5.74, 6) is -0.362. The van der Waals surface area contributed by atoms with Gasteiger partial charge < -0.3 is 15.4 Å². The van der Waals surface area contributed by atoms with Crippen molar-refractivity contribution in [1.29, 1.82) is 0 Å². The van der Waals surface area contributed by atoms with Crippen molar-refractivity contribution in [3.05, 3.63) is 28.0 Å². The van der Waals surface area contributed by atoms with Crippen LogP contribution in [0.5, 0.6) is 0 Å². The number of benzene rings is 1. The summed E-state index contributed by atoms with van der Waals surface area (Å²) >= 11 is 8.03. The van der Waals surface area contributed by atoms with Crippen LogP contribution < -0.4 is 10.6 Å². The number of anilines is 1. The summed E-state index contributed by atoms with van der Waals surface area (Å²) < 4.78 is 19.7. The third kappa shape index (κ3) is 3.63. The van der Waals surface area contributed by atoms with Crippen LogP contribution in [0.3, 0.4) is 0 Å². The van der Waals surface area contributed by atoms with Crippen LogP contribution in [0.25, 0.3) is 0 Å². The molecule has 0 aliphatic carbocycles. The van der Waals surface area contributed by atoms with Gasteiger partial charge >= 0.3 is 0 Å². The summed E-state index contributed by atoms with van der Waals surface area (Å²) in [6.07, 6.45) is 0. The van der Waals surface area contributed by atoms with Gasteiger partial charge in [-0.1, -0.05) is 12.2 Å². The molecule has 0 heterocycles. The van der Waals surface area contributed by atoms with Crippen molar-refractivity contribution in [3.8, 4) is 0 Å². The van der Waals surface area contributed by atoms with E-state index in [0.717, 1.165) is 0 Å². The van der Waals surface area contributed by atoms with E-state index < -0.39 is 0 Å². The highest BCUT2D eigenvalue weighted by Crippen LogP contribution is 2.28. The molecule has 100 valence electrons. The first kappa shape index (κ1) is 15.3. The van der Waals surface area contributed by atoms with E-state index >= 15 is 0 Å². The van der Waals surface area contributed by atoms with Crippen molar-refractivity contribution >= 4 is 38.8 Å². The third-order valence-corrected chi connectivity index (χ3v) is 3.51. The molecule has 0 bridgehead atoms. The number of nitrogens with zero attached hydrogens (tertiary/aromatic N) is 1. The summed E-state index contributed by atoms with van der Waals surface area (Å²) in [6.45, 7) is 3.75. The van der Waals surface area contributed by atoms with Gasteiger partial charge in [-0.3, -0.25) is 0 Å². The van der Waals surface area contributed by atoms with E-state index in [-0.39, 0.29) is 10.8 Å². The zero-order valence-electron chi connectivity index (χ0n) is 10.4. The molecule has 0 radical (unpaired) electrons. The van der Waals surface area contributed by atoms with Crippen molar-refractivity contribution in [2.75, 3.05) is 31.7 Å². The molecule has 0 fully saturated rings. The van der Waals surface area contributed by atoms with Gasteiger partial charge in [0.05, 0.1) is 16.8 Å². The van der Waals surface area contributed by atoms with Crippen LogP contribution in [0.15, 0.2) is 16.6 Å². The van der Waals surface area contributed by atoms with Crippen LogP contribution in [0.1, 0.15) is 12.5 Å². The largest absolute Gasteiger partial charge is 0.389 e. The minimum Gasteiger partial charge on any atom is -0.389 e. The summed E-state index contributed by atoms with van der Waals surface area (Å²) in [4.78, 5) is 1.96. The zero-order chi connectivity index (χ0) is 13.7. The molecular formula is C12H16BrFN2OS. The molecule has 3 nitrogen and oxygen atoms in total. The first-order chi connectivity index (χ1) is 8.49. The van der Waals surface area contributed by atoms with E-state index in [9.17, 15) is 4.39 Å². The van der Waals surface area contributed by atoms with E-state index in [0.29, 0.717) is 35.5 Å². The summed E-state index contributed by atoms with van der Waals surface area (Å²) in [7, 11) is 1.81. The zero-order valence-corrected chi connectivity index (χ0v) is 12.8. The summed E-state index contributed by atoms with van der Waals surface area (Å²) in [6, 6.07) is 3.38. The summed E-state index contributed by atoms with van der Waals surface area (Å²) in [5, 5.41) is 0. The predicted molar refractivity (Wildman–Crippen MR) is 79.8 cm³/mol. The topological polar surface area (TPSA) is 38.5 Å². The minimum absolute atomic E-state index is 0.171. The van der Waals surface area contributed by atoms with Gasteiger partial charge in [0.15, 0.2) is 5.82 Å². The second-order valence-electron chi connectivity index (χ2n) is 3.74. The Labute approximate surface area is 120 Å².